The largest absolute Gasteiger partial charge is 0.279 e. The smallest absolute Gasteiger partial charge is 0.157 e. The van der Waals surface area contributed by atoms with Crippen molar-refractivity contribution in [1.82, 2.24) is 14.4 Å². The van der Waals surface area contributed by atoms with E-state index in [9.17, 15) is 0 Å². The van der Waals surface area contributed by atoms with E-state index in [1.54, 1.807) is 12.4 Å². The summed E-state index contributed by atoms with van der Waals surface area (Å²) >= 11 is 0. The summed E-state index contributed by atoms with van der Waals surface area (Å²) in [5, 5.41) is 0. The maximum Gasteiger partial charge on any atom is 0.157 e. The summed E-state index contributed by atoms with van der Waals surface area (Å²) in [7, 11) is 0. The van der Waals surface area contributed by atoms with Gasteiger partial charge in [0, 0.05) is 23.0 Å². The molecule has 0 saturated heterocycles. The predicted octanol–water partition coefficient (Wildman–Crippen LogP) is 4.21. The fourth-order valence-corrected chi connectivity index (χ4v) is 2.75. The molecule has 2 aromatic carbocycles. The first-order valence-electron chi connectivity index (χ1n) is 7.80. The predicted molar refractivity (Wildman–Crippen MR) is 95.9 cm³/mol. The molecule has 116 valence electrons. The lowest BCUT2D eigenvalue weighted by Gasteiger charge is -2.09. The van der Waals surface area contributed by atoms with Gasteiger partial charge >= 0.3 is 0 Å². The van der Waals surface area contributed by atoms with Crippen LogP contribution in [0.15, 0.2) is 84.2 Å². The van der Waals surface area contributed by atoms with E-state index in [0.29, 0.717) is 0 Å². The van der Waals surface area contributed by atoms with Crippen LogP contribution in [0.1, 0.15) is 16.8 Å². The van der Waals surface area contributed by atoms with Gasteiger partial charge in [0.1, 0.15) is 0 Å². The third-order valence-electron chi connectivity index (χ3n) is 3.90. The molecule has 0 bridgehead atoms. The van der Waals surface area contributed by atoms with Crippen LogP contribution in [0.3, 0.4) is 0 Å². The van der Waals surface area contributed by atoms with Gasteiger partial charge in [-0.2, -0.15) is 0 Å². The van der Waals surface area contributed by atoms with Crippen molar-refractivity contribution in [3.05, 3.63) is 96.1 Å². The van der Waals surface area contributed by atoms with E-state index in [1.165, 1.54) is 0 Å². The quantitative estimate of drug-likeness (QED) is 0.532. The van der Waals surface area contributed by atoms with Crippen molar-refractivity contribution in [2.75, 3.05) is 0 Å². The minimum Gasteiger partial charge on any atom is -0.279 e. The molecule has 4 rings (SSSR count). The van der Waals surface area contributed by atoms with E-state index in [4.69, 9.17) is 4.99 Å². The second-order valence-corrected chi connectivity index (χ2v) is 5.55. The van der Waals surface area contributed by atoms with Gasteiger partial charge in [0.15, 0.2) is 11.5 Å². The van der Waals surface area contributed by atoms with Gasteiger partial charge in [0.25, 0.3) is 0 Å². The fraction of sp³-hybridized carbons (Fsp3) is 0.0500. The molecule has 4 aromatic rings. The molecule has 0 aliphatic carbocycles. The number of nitrogens with zero attached hydrogens (tertiary/aromatic N) is 4. The van der Waals surface area contributed by atoms with E-state index in [1.807, 2.05) is 53.9 Å². The molecule has 0 fully saturated rings. The van der Waals surface area contributed by atoms with Gasteiger partial charge in [-0.05, 0) is 6.92 Å². The van der Waals surface area contributed by atoms with Gasteiger partial charge < -0.3 is 0 Å². The SMILES string of the molecule is Cc1cnc2cncc(N=C(c3ccccc3)c3ccccc3)n12. The van der Waals surface area contributed by atoms with Crippen molar-refractivity contribution < 1.29 is 0 Å². The average molecular weight is 312 g/mol. The summed E-state index contributed by atoms with van der Waals surface area (Å²) in [6, 6.07) is 20.4. The number of rotatable bonds is 3. The molecule has 24 heavy (non-hydrogen) atoms. The average Bonchev–Trinajstić information content (AvgIpc) is 3.03. The molecule has 0 spiro atoms. The Kier molecular flexibility index (Phi) is 3.63. The van der Waals surface area contributed by atoms with Gasteiger partial charge in [-0.15, -0.1) is 0 Å². The van der Waals surface area contributed by atoms with Crippen LogP contribution in [0, 0.1) is 6.92 Å². The zero-order valence-corrected chi connectivity index (χ0v) is 13.3. The molecule has 4 nitrogen and oxygen atoms in total. The first-order valence-corrected chi connectivity index (χ1v) is 7.80. The number of imidazole rings is 1. The Morgan fingerprint density at radius 2 is 1.46 bits per heavy atom. The third-order valence-corrected chi connectivity index (χ3v) is 3.90. The first-order chi connectivity index (χ1) is 11.8. The lowest BCUT2D eigenvalue weighted by molar-refractivity contribution is 1.06. The molecular weight excluding hydrogens is 296 g/mol. The van der Waals surface area contributed by atoms with Crippen molar-refractivity contribution in [3.8, 4) is 0 Å². The van der Waals surface area contributed by atoms with Gasteiger partial charge in [-0.1, -0.05) is 60.7 Å². The Morgan fingerprint density at radius 1 is 0.833 bits per heavy atom. The van der Waals surface area contributed by atoms with E-state index < -0.39 is 0 Å². The van der Waals surface area contributed by atoms with Crippen molar-refractivity contribution in [2.45, 2.75) is 6.92 Å². The van der Waals surface area contributed by atoms with Crippen LogP contribution in [-0.4, -0.2) is 20.1 Å². The monoisotopic (exact) mass is 312 g/mol. The van der Waals surface area contributed by atoms with Crippen LogP contribution in [-0.2, 0) is 0 Å². The Morgan fingerprint density at radius 3 is 2.08 bits per heavy atom. The second kappa shape index (κ2) is 6.08. The normalized spacial score (nSPS) is 10.7. The third kappa shape index (κ3) is 2.58. The Labute approximate surface area is 140 Å². The molecule has 0 saturated carbocycles. The van der Waals surface area contributed by atoms with Gasteiger partial charge in [0.05, 0.1) is 18.1 Å². The van der Waals surface area contributed by atoms with Crippen molar-refractivity contribution in [1.29, 1.82) is 0 Å². The number of fused-ring (bicyclic) bond motifs is 1. The zero-order valence-electron chi connectivity index (χ0n) is 13.3. The minimum absolute atomic E-state index is 0.769. The van der Waals surface area contributed by atoms with Gasteiger partial charge in [-0.25, -0.2) is 9.98 Å². The highest BCUT2D eigenvalue weighted by atomic mass is 15.1. The minimum atomic E-state index is 0.769. The van der Waals surface area contributed by atoms with Gasteiger partial charge in [-0.3, -0.25) is 9.38 Å². The highest BCUT2D eigenvalue weighted by Gasteiger charge is 2.10. The van der Waals surface area contributed by atoms with Crippen molar-refractivity contribution in [2.24, 2.45) is 4.99 Å². The Bertz CT molecular complexity index is 960. The molecule has 0 N–H and O–H groups in total. The van der Waals surface area contributed by atoms with Crippen molar-refractivity contribution >= 4 is 17.2 Å². The summed E-state index contributed by atoms with van der Waals surface area (Å²) in [5.74, 6) is 0.769. The van der Waals surface area contributed by atoms with Crippen LogP contribution in [0.5, 0.6) is 0 Å². The van der Waals surface area contributed by atoms with E-state index in [-0.39, 0.29) is 0 Å². The highest BCUT2D eigenvalue weighted by Crippen LogP contribution is 2.20. The number of aromatic nitrogens is 3. The molecular formula is C20H16N4. The summed E-state index contributed by atoms with van der Waals surface area (Å²) in [6.07, 6.45) is 5.35. The van der Waals surface area contributed by atoms with Crippen molar-refractivity contribution in [3.63, 3.8) is 0 Å². The zero-order chi connectivity index (χ0) is 16.4. The summed E-state index contributed by atoms with van der Waals surface area (Å²) in [4.78, 5) is 13.6. The number of benzene rings is 2. The summed E-state index contributed by atoms with van der Waals surface area (Å²) in [6.45, 7) is 2.02. The topological polar surface area (TPSA) is 42.5 Å². The molecule has 0 unspecified atom stereocenters. The Hall–Kier alpha value is -3.27. The summed E-state index contributed by atoms with van der Waals surface area (Å²) < 4.78 is 2.01. The Balaban J connectivity index is 1.96. The van der Waals surface area contributed by atoms with Crippen LogP contribution >= 0.6 is 0 Å². The highest BCUT2D eigenvalue weighted by molar-refractivity contribution is 6.13. The lowest BCUT2D eigenvalue weighted by Crippen LogP contribution is -2.04. The molecule has 0 aliphatic rings. The second-order valence-electron chi connectivity index (χ2n) is 5.55. The number of aliphatic imine (C=N–C) groups is 1. The fourth-order valence-electron chi connectivity index (χ4n) is 2.75. The molecule has 0 radical (unpaired) electrons. The summed E-state index contributed by atoms with van der Waals surface area (Å²) in [5.41, 5.74) is 4.89. The van der Waals surface area contributed by atoms with E-state index in [0.717, 1.165) is 34.0 Å². The van der Waals surface area contributed by atoms with Crippen LogP contribution in [0.25, 0.3) is 5.65 Å². The first kappa shape index (κ1) is 14.3. The maximum atomic E-state index is 4.94. The molecule has 2 aromatic heterocycles. The number of hydrogen-bond acceptors (Lipinski definition) is 3. The molecule has 4 heteroatoms. The molecule has 0 atom stereocenters. The van der Waals surface area contributed by atoms with Crippen LogP contribution < -0.4 is 0 Å². The molecule has 0 aliphatic heterocycles. The molecule has 2 heterocycles. The maximum absolute atomic E-state index is 4.94. The van der Waals surface area contributed by atoms with E-state index in [2.05, 4.69) is 34.2 Å². The standard InChI is InChI=1S/C20H16N4/c1-15-12-22-18-13-21-14-19(24(15)18)23-20(16-8-4-2-5-9-16)17-10-6-3-7-11-17/h2-14H,1H3. The molecule has 0 amide bonds. The number of hydrogen-bond donors (Lipinski definition) is 0. The van der Waals surface area contributed by atoms with Crippen LogP contribution in [0.4, 0.5) is 5.82 Å². The number of aryl methyl sites for hydroxylation is 1. The van der Waals surface area contributed by atoms with Gasteiger partial charge in [0.2, 0.25) is 0 Å². The van der Waals surface area contributed by atoms with E-state index >= 15 is 0 Å². The van der Waals surface area contributed by atoms with Crippen LogP contribution in [0.2, 0.25) is 0 Å². The lowest BCUT2D eigenvalue weighted by atomic mass is 10.0.